The molecule has 2 N–H and O–H groups in total. The fourth-order valence-corrected chi connectivity index (χ4v) is 4.06. The molecular formula is C15H20N4OS. The number of nitrogens with zero attached hydrogens (tertiary/aromatic N) is 3. The molecule has 1 fully saturated rings. The molecule has 0 bridgehead atoms. The van der Waals surface area contributed by atoms with Crippen molar-refractivity contribution in [2.45, 2.75) is 46.1 Å². The number of thiophene rings is 1. The molecule has 6 heteroatoms. The van der Waals surface area contributed by atoms with E-state index in [0.717, 1.165) is 40.9 Å². The molecule has 112 valence electrons. The molecule has 3 heterocycles. The summed E-state index contributed by atoms with van der Waals surface area (Å²) in [6.07, 6.45) is 2.07. The third kappa shape index (κ3) is 2.09. The number of rotatable bonds is 1. The van der Waals surface area contributed by atoms with Crippen LogP contribution in [-0.2, 0) is 0 Å². The van der Waals surface area contributed by atoms with Crippen LogP contribution < -0.4 is 5.73 Å². The number of nitrogen functional groups attached to an aromatic ring is 1. The van der Waals surface area contributed by atoms with Crippen LogP contribution in [0.3, 0.4) is 0 Å². The fourth-order valence-electron chi connectivity index (χ4n) is 3.01. The Hall–Kier alpha value is -1.69. The molecular weight excluding hydrogens is 284 g/mol. The van der Waals surface area contributed by atoms with Gasteiger partial charge in [0.2, 0.25) is 0 Å². The highest BCUT2D eigenvalue weighted by Crippen LogP contribution is 2.38. The van der Waals surface area contributed by atoms with E-state index >= 15 is 0 Å². The van der Waals surface area contributed by atoms with Crippen LogP contribution in [0.15, 0.2) is 0 Å². The molecule has 0 aromatic carbocycles. The number of carbonyl (C=O) groups excluding carboxylic acids is 1. The van der Waals surface area contributed by atoms with Gasteiger partial charge in [0.1, 0.15) is 9.71 Å². The normalized spacial score (nSPS) is 17.6. The molecule has 21 heavy (non-hydrogen) atoms. The van der Waals surface area contributed by atoms with Crippen LogP contribution in [0.1, 0.15) is 47.6 Å². The summed E-state index contributed by atoms with van der Waals surface area (Å²) in [6, 6.07) is 0. The van der Waals surface area contributed by atoms with E-state index < -0.39 is 0 Å². The molecule has 1 saturated heterocycles. The van der Waals surface area contributed by atoms with Gasteiger partial charge >= 0.3 is 0 Å². The Kier molecular flexibility index (Phi) is 3.16. The van der Waals surface area contributed by atoms with Gasteiger partial charge in [0.15, 0.2) is 0 Å². The number of hydrogen-bond acceptors (Lipinski definition) is 5. The van der Waals surface area contributed by atoms with Crippen LogP contribution in [0.5, 0.6) is 0 Å². The highest BCUT2D eigenvalue weighted by molar-refractivity contribution is 7.21. The smallest absolute Gasteiger partial charge is 0.266 e. The molecule has 0 unspecified atom stereocenters. The summed E-state index contributed by atoms with van der Waals surface area (Å²) in [6.45, 7) is 8.89. The Morgan fingerprint density at radius 2 is 2.05 bits per heavy atom. The van der Waals surface area contributed by atoms with E-state index in [-0.39, 0.29) is 11.4 Å². The fraction of sp³-hybridized carbons (Fsp3) is 0.533. The summed E-state index contributed by atoms with van der Waals surface area (Å²) in [4.78, 5) is 16.1. The van der Waals surface area contributed by atoms with Gasteiger partial charge in [-0.1, -0.05) is 0 Å². The predicted octanol–water partition coefficient (Wildman–Crippen LogP) is 2.90. The highest BCUT2D eigenvalue weighted by Gasteiger charge is 2.37. The number of anilines is 1. The number of aromatic nitrogens is 2. The van der Waals surface area contributed by atoms with Gasteiger partial charge < -0.3 is 10.6 Å². The van der Waals surface area contributed by atoms with Gasteiger partial charge in [0.25, 0.3) is 5.91 Å². The number of amides is 1. The number of carbonyl (C=O) groups is 1. The van der Waals surface area contributed by atoms with Crippen molar-refractivity contribution in [2.75, 3.05) is 12.3 Å². The summed E-state index contributed by atoms with van der Waals surface area (Å²) in [5.74, 6) is 0.0232. The minimum Gasteiger partial charge on any atom is -0.397 e. The standard InChI is InChI=1S/C15H20N4OS/c1-8-9(2)17-18-13-10(8)11(16)12(21-13)14(20)19-7-5-6-15(19,3)4/h5-7,16H2,1-4H3. The Balaban J connectivity index is 2.11. The largest absolute Gasteiger partial charge is 0.397 e. The van der Waals surface area contributed by atoms with E-state index in [1.807, 2.05) is 18.7 Å². The molecule has 5 nitrogen and oxygen atoms in total. The molecule has 1 amide bonds. The minimum atomic E-state index is -0.101. The second-order valence-electron chi connectivity index (χ2n) is 6.31. The average molecular weight is 304 g/mol. The topological polar surface area (TPSA) is 72.1 Å². The van der Waals surface area contributed by atoms with E-state index in [9.17, 15) is 4.79 Å². The van der Waals surface area contributed by atoms with Crippen molar-refractivity contribution in [3.8, 4) is 0 Å². The number of likely N-dealkylation sites (tertiary alicyclic amines) is 1. The van der Waals surface area contributed by atoms with Crippen molar-refractivity contribution in [1.29, 1.82) is 0 Å². The Morgan fingerprint density at radius 3 is 2.67 bits per heavy atom. The molecule has 0 radical (unpaired) electrons. The third-order valence-electron chi connectivity index (χ3n) is 4.48. The summed E-state index contributed by atoms with van der Waals surface area (Å²) >= 11 is 1.35. The molecule has 2 aromatic rings. The summed E-state index contributed by atoms with van der Waals surface area (Å²) in [7, 11) is 0. The first-order valence-corrected chi connectivity index (χ1v) is 7.98. The van der Waals surface area contributed by atoms with E-state index in [0.29, 0.717) is 10.6 Å². The van der Waals surface area contributed by atoms with Gasteiger partial charge in [-0.25, -0.2) is 0 Å². The van der Waals surface area contributed by atoms with Gasteiger partial charge in [-0.15, -0.1) is 16.4 Å². The van der Waals surface area contributed by atoms with Crippen molar-refractivity contribution >= 4 is 33.1 Å². The molecule has 1 aliphatic rings. The lowest BCUT2D eigenvalue weighted by Gasteiger charge is -2.31. The maximum absolute atomic E-state index is 12.9. The zero-order chi connectivity index (χ0) is 15.4. The van der Waals surface area contributed by atoms with Gasteiger partial charge in [0.05, 0.1) is 11.4 Å². The lowest BCUT2D eigenvalue weighted by atomic mass is 10.0. The Morgan fingerprint density at radius 1 is 1.33 bits per heavy atom. The van der Waals surface area contributed by atoms with Crippen molar-refractivity contribution in [3.05, 3.63) is 16.1 Å². The van der Waals surface area contributed by atoms with Gasteiger partial charge in [-0.05, 0) is 46.1 Å². The van der Waals surface area contributed by atoms with Crippen molar-refractivity contribution in [2.24, 2.45) is 0 Å². The zero-order valence-corrected chi connectivity index (χ0v) is 13.7. The Bertz CT molecular complexity index is 735. The van der Waals surface area contributed by atoms with Crippen molar-refractivity contribution in [3.63, 3.8) is 0 Å². The van der Waals surface area contributed by atoms with Crippen LogP contribution >= 0.6 is 11.3 Å². The molecule has 3 rings (SSSR count). The Labute approximate surface area is 128 Å². The number of fused-ring (bicyclic) bond motifs is 1. The van der Waals surface area contributed by atoms with Crippen LogP contribution in [0, 0.1) is 13.8 Å². The first-order chi connectivity index (χ1) is 9.83. The monoisotopic (exact) mass is 304 g/mol. The van der Waals surface area contributed by atoms with Crippen LogP contribution in [0.2, 0.25) is 0 Å². The van der Waals surface area contributed by atoms with E-state index in [1.54, 1.807) is 0 Å². The third-order valence-corrected chi connectivity index (χ3v) is 5.55. The predicted molar refractivity (Wildman–Crippen MR) is 85.7 cm³/mol. The highest BCUT2D eigenvalue weighted by atomic mass is 32.1. The van der Waals surface area contributed by atoms with E-state index in [1.165, 1.54) is 11.3 Å². The maximum atomic E-state index is 12.9. The quantitative estimate of drug-likeness (QED) is 0.879. The summed E-state index contributed by atoms with van der Waals surface area (Å²) < 4.78 is 0. The van der Waals surface area contributed by atoms with E-state index in [4.69, 9.17) is 5.73 Å². The van der Waals surface area contributed by atoms with Crippen LogP contribution in [-0.4, -0.2) is 33.1 Å². The number of nitrogens with two attached hydrogens (primary N) is 1. The molecule has 0 saturated carbocycles. The second kappa shape index (κ2) is 4.66. The molecule has 0 spiro atoms. The molecule has 0 atom stereocenters. The van der Waals surface area contributed by atoms with Gasteiger partial charge in [0, 0.05) is 17.5 Å². The first-order valence-electron chi connectivity index (χ1n) is 7.17. The summed E-state index contributed by atoms with van der Waals surface area (Å²) in [5, 5.41) is 9.20. The number of hydrogen-bond donors (Lipinski definition) is 1. The lowest BCUT2D eigenvalue weighted by molar-refractivity contribution is 0.0658. The molecule has 1 aliphatic heterocycles. The molecule has 2 aromatic heterocycles. The average Bonchev–Trinajstić information content (AvgIpc) is 2.94. The zero-order valence-electron chi connectivity index (χ0n) is 12.9. The maximum Gasteiger partial charge on any atom is 0.266 e. The van der Waals surface area contributed by atoms with Crippen molar-refractivity contribution < 1.29 is 4.79 Å². The summed E-state index contributed by atoms with van der Waals surface area (Å²) in [5.41, 5.74) is 8.58. The van der Waals surface area contributed by atoms with Crippen LogP contribution in [0.25, 0.3) is 10.2 Å². The first kappa shape index (κ1) is 14.3. The van der Waals surface area contributed by atoms with Gasteiger partial charge in [-0.2, -0.15) is 5.10 Å². The number of aryl methyl sites for hydroxylation is 2. The van der Waals surface area contributed by atoms with E-state index in [2.05, 4.69) is 24.0 Å². The van der Waals surface area contributed by atoms with Crippen LogP contribution in [0.4, 0.5) is 5.69 Å². The second-order valence-corrected chi connectivity index (χ2v) is 7.31. The minimum absolute atomic E-state index is 0.0232. The van der Waals surface area contributed by atoms with Crippen molar-refractivity contribution in [1.82, 2.24) is 15.1 Å². The molecule has 0 aliphatic carbocycles. The lowest BCUT2D eigenvalue weighted by Crippen LogP contribution is -2.42. The van der Waals surface area contributed by atoms with Gasteiger partial charge in [-0.3, -0.25) is 4.79 Å². The SMILES string of the molecule is Cc1nnc2sc(C(=O)N3CCCC3(C)C)c(N)c2c1C.